The highest BCUT2D eigenvalue weighted by molar-refractivity contribution is 7.92. The Bertz CT molecular complexity index is 1090. The van der Waals surface area contributed by atoms with E-state index in [-0.39, 0.29) is 24.8 Å². The fourth-order valence-electron chi connectivity index (χ4n) is 3.97. The molecule has 186 valence electrons. The summed E-state index contributed by atoms with van der Waals surface area (Å²) in [4.78, 5) is 27.4. The first-order valence-electron chi connectivity index (χ1n) is 11.6. The minimum Gasteiger partial charge on any atom is -0.355 e. The normalized spacial score (nSPS) is 12.2. The molecule has 2 aromatic carbocycles. The lowest BCUT2D eigenvalue weighted by atomic mass is 10.1. The lowest BCUT2D eigenvalue weighted by molar-refractivity contribution is -0.140. The van der Waals surface area contributed by atoms with Gasteiger partial charge in [0.15, 0.2) is 0 Å². The number of anilines is 1. The molecule has 1 atom stereocenters. The number of nitrogens with zero attached hydrogens (tertiary/aromatic N) is 2. The van der Waals surface area contributed by atoms with E-state index in [1.165, 1.54) is 10.6 Å². The van der Waals surface area contributed by atoms with Gasteiger partial charge < -0.3 is 10.2 Å². The van der Waals surface area contributed by atoms with Crippen LogP contribution in [0.3, 0.4) is 0 Å². The summed E-state index contributed by atoms with van der Waals surface area (Å²) in [5.74, 6) is -0.395. The molecule has 0 fully saturated rings. The van der Waals surface area contributed by atoms with Crippen molar-refractivity contribution in [2.75, 3.05) is 23.7 Å². The van der Waals surface area contributed by atoms with Gasteiger partial charge in [0.25, 0.3) is 0 Å². The number of sulfonamides is 1. The Morgan fingerprint density at radius 3 is 2.21 bits per heavy atom. The van der Waals surface area contributed by atoms with Gasteiger partial charge in [-0.25, -0.2) is 8.42 Å². The van der Waals surface area contributed by atoms with Crippen molar-refractivity contribution in [1.82, 2.24) is 10.2 Å². The first-order valence-corrected chi connectivity index (χ1v) is 13.5. The third-order valence-corrected chi connectivity index (χ3v) is 6.96. The molecule has 0 aliphatic heterocycles. The molecule has 8 heteroatoms. The molecular formula is C26H37N3O4S. The van der Waals surface area contributed by atoms with E-state index >= 15 is 0 Å². The molecule has 0 saturated carbocycles. The molecule has 2 rings (SSSR count). The number of benzene rings is 2. The second-order valence-corrected chi connectivity index (χ2v) is 10.7. The summed E-state index contributed by atoms with van der Waals surface area (Å²) in [7, 11) is -3.52. The van der Waals surface area contributed by atoms with E-state index < -0.39 is 16.1 Å². The molecule has 0 bridgehead atoms. The van der Waals surface area contributed by atoms with Gasteiger partial charge in [-0.05, 0) is 75.4 Å². The van der Waals surface area contributed by atoms with Crippen LogP contribution in [-0.4, -0.2) is 50.5 Å². The van der Waals surface area contributed by atoms with Gasteiger partial charge >= 0.3 is 0 Å². The van der Waals surface area contributed by atoms with Crippen LogP contribution in [0, 0.1) is 20.8 Å². The van der Waals surface area contributed by atoms with Crippen LogP contribution in [0.4, 0.5) is 5.69 Å². The Morgan fingerprint density at radius 1 is 1.03 bits per heavy atom. The van der Waals surface area contributed by atoms with Crippen LogP contribution in [0.15, 0.2) is 42.5 Å². The van der Waals surface area contributed by atoms with Crippen LogP contribution < -0.4 is 9.62 Å². The van der Waals surface area contributed by atoms with Crippen molar-refractivity contribution in [1.29, 1.82) is 0 Å². The molecule has 0 unspecified atom stereocenters. The standard InChI is InChI=1S/C26H37N3O4S/c1-7-27-26(31)22(5)28(18-23-12-9-8-11-21(23)4)25(30)13-10-14-29(34(6,32)33)24-16-19(2)15-20(3)17-24/h8-9,11-12,15-17,22H,7,10,13-14,18H2,1-6H3,(H,27,31)/t22-/m0/s1. The Labute approximate surface area is 204 Å². The maximum atomic E-state index is 13.3. The second-order valence-electron chi connectivity index (χ2n) is 8.80. The van der Waals surface area contributed by atoms with Crippen molar-refractivity contribution in [2.24, 2.45) is 0 Å². The van der Waals surface area contributed by atoms with Crippen LogP contribution >= 0.6 is 0 Å². The minimum atomic E-state index is -3.52. The molecule has 0 aliphatic rings. The number of carbonyl (C=O) groups excluding carboxylic acids is 2. The number of aryl methyl sites for hydroxylation is 3. The van der Waals surface area contributed by atoms with Crippen LogP contribution in [0.2, 0.25) is 0 Å². The summed E-state index contributed by atoms with van der Waals surface area (Å²) in [6.07, 6.45) is 1.64. The Morgan fingerprint density at radius 2 is 1.65 bits per heavy atom. The third kappa shape index (κ3) is 7.58. The number of rotatable bonds is 11. The van der Waals surface area contributed by atoms with E-state index in [2.05, 4.69) is 5.32 Å². The number of amides is 2. The molecule has 34 heavy (non-hydrogen) atoms. The van der Waals surface area contributed by atoms with Crippen LogP contribution in [0.1, 0.15) is 48.9 Å². The van der Waals surface area contributed by atoms with E-state index in [9.17, 15) is 18.0 Å². The molecule has 0 saturated heterocycles. The quantitative estimate of drug-likeness (QED) is 0.523. The smallest absolute Gasteiger partial charge is 0.242 e. The number of nitrogens with one attached hydrogen (secondary N) is 1. The monoisotopic (exact) mass is 487 g/mol. The maximum absolute atomic E-state index is 13.3. The minimum absolute atomic E-state index is 0.131. The predicted octanol–water partition coefficient (Wildman–Crippen LogP) is 3.71. The molecular weight excluding hydrogens is 450 g/mol. The van der Waals surface area contributed by atoms with Crippen molar-refractivity contribution in [2.45, 2.75) is 60.0 Å². The lowest BCUT2D eigenvalue weighted by Crippen LogP contribution is -2.47. The van der Waals surface area contributed by atoms with Crippen LogP contribution in [0.25, 0.3) is 0 Å². The van der Waals surface area contributed by atoms with Crippen molar-refractivity contribution < 1.29 is 18.0 Å². The number of hydrogen-bond acceptors (Lipinski definition) is 4. The molecule has 0 aliphatic carbocycles. The summed E-state index contributed by atoms with van der Waals surface area (Å²) < 4.78 is 26.3. The largest absolute Gasteiger partial charge is 0.355 e. The van der Waals surface area contributed by atoms with E-state index in [0.29, 0.717) is 25.2 Å². The Hall–Kier alpha value is -2.87. The van der Waals surface area contributed by atoms with Crippen LogP contribution in [-0.2, 0) is 26.2 Å². The van der Waals surface area contributed by atoms with Gasteiger partial charge in [0, 0.05) is 26.1 Å². The fourth-order valence-corrected chi connectivity index (χ4v) is 4.92. The average molecular weight is 488 g/mol. The first kappa shape index (κ1) is 27.4. The van der Waals surface area contributed by atoms with Crippen molar-refractivity contribution in [3.05, 3.63) is 64.7 Å². The lowest BCUT2D eigenvalue weighted by Gasteiger charge is -2.30. The van der Waals surface area contributed by atoms with Gasteiger partial charge in [-0.1, -0.05) is 30.3 Å². The van der Waals surface area contributed by atoms with Crippen molar-refractivity contribution in [3.8, 4) is 0 Å². The number of hydrogen-bond donors (Lipinski definition) is 1. The molecule has 2 aromatic rings. The van der Waals surface area contributed by atoms with Gasteiger partial charge in [0.05, 0.1) is 11.9 Å². The fraction of sp³-hybridized carbons (Fsp3) is 0.462. The predicted molar refractivity (Wildman–Crippen MR) is 137 cm³/mol. The molecule has 0 heterocycles. The maximum Gasteiger partial charge on any atom is 0.242 e. The van der Waals surface area contributed by atoms with Crippen molar-refractivity contribution >= 4 is 27.5 Å². The zero-order chi connectivity index (χ0) is 25.5. The zero-order valence-corrected chi connectivity index (χ0v) is 21.9. The summed E-state index contributed by atoms with van der Waals surface area (Å²) in [6.45, 7) is 10.4. The van der Waals surface area contributed by atoms with Gasteiger partial charge in [-0.2, -0.15) is 0 Å². The van der Waals surface area contributed by atoms with Gasteiger partial charge in [0.1, 0.15) is 6.04 Å². The van der Waals surface area contributed by atoms with Gasteiger partial charge in [-0.15, -0.1) is 0 Å². The molecule has 0 aromatic heterocycles. The number of likely N-dealkylation sites (N-methyl/N-ethyl adjacent to an activating group) is 1. The SMILES string of the molecule is CCNC(=O)[C@H](C)N(Cc1ccccc1C)C(=O)CCCN(c1cc(C)cc(C)c1)S(C)(=O)=O. The summed E-state index contributed by atoms with van der Waals surface area (Å²) in [5, 5.41) is 2.79. The molecule has 0 spiro atoms. The zero-order valence-electron chi connectivity index (χ0n) is 21.1. The van der Waals surface area contributed by atoms with E-state index in [1.807, 2.05) is 70.2 Å². The Balaban J connectivity index is 2.19. The molecule has 1 N–H and O–H groups in total. The van der Waals surface area contributed by atoms with E-state index in [0.717, 1.165) is 22.3 Å². The summed E-state index contributed by atoms with van der Waals surface area (Å²) >= 11 is 0. The molecule has 0 radical (unpaired) electrons. The third-order valence-electron chi connectivity index (χ3n) is 5.77. The first-order chi connectivity index (χ1) is 15.9. The highest BCUT2D eigenvalue weighted by Crippen LogP contribution is 2.22. The van der Waals surface area contributed by atoms with Crippen LogP contribution in [0.5, 0.6) is 0 Å². The summed E-state index contributed by atoms with van der Waals surface area (Å²) in [5.41, 5.74) is 4.56. The van der Waals surface area contributed by atoms with Gasteiger partial charge in [0.2, 0.25) is 21.8 Å². The highest BCUT2D eigenvalue weighted by Gasteiger charge is 2.26. The van der Waals surface area contributed by atoms with Gasteiger partial charge in [-0.3, -0.25) is 13.9 Å². The molecule has 2 amide bonds. The average Bonchev–Trinajstić information content (AvgIpc) is 2.74. The number of carbonyl (C=O) groups is 2. The highest BCUT2D eigenvalue weighted by atomic mass is 32.2. The Kier molecular flexibility index (Phi) is 9.67. The topological polar surface area (TPSA) is 86.8 Å². The van der Waals surface area contributed by atoms with E-state index in [1.54, 1.807) is 11.8 Å². The van der Waals surface area contributed by atoms with E-state index in [4.69, 9.17) is 0 Å². The summed E-state index contributed by atoms with van der Waals surface area (Å²) in [6, 6.07) is 12.8. The molecule has 7 nitrogen and oxygen atoms in total. The second kappa shape index (κ2) is 12.0. The van der Waals surface area contributed by atoms with Crippen molar-refractivity contribution in [3.63, 3.8) is 0 Å².